The topological polar surface area (TPSA) is 26.3 Å². The van der Waals surface area contributed by atoms with E-state index in [4.69, 9.17) is 4.74 Å². The van der Waals surface area contributed by atoms with E-state index in [9.17, 15) is 4.79 Å². The third-order valence-electron chi connectivity index (χ3n) is 5.08. The molecule has 0 fully saturated rings. The van der Waals surface area contributed by atoms with Crippen LogP contribution in [0.4, 0.5) is 0 Å². The molecule has 2 aromatic rings. The standard InChI is InChI=1S/C21H28O2Si/c1-17(16-20(22)23-5)24(21(2,3)4,18-12-8-6-9-13-18)19-14-10-7-11-15-19/h6-15,17H,16H2,1-5H3. The van der Waals surface area contributed by atoms with Crippen LogP contribution in [0.25, 0.3) is 0 Å². The predicted molar refractivity (Wildman–Crippen MR) is 104 cm³/mol. The van der Waals surface area contributed by atoms with Gasteiger partial charge in [-0.1, -0.05) is 98.7 Å². The summed E-state index contributed by atoms with van der Waals surface area (Å²) in [6, 6.07) is 21.5. The molecule has 0 aliphatic rings. The summed E-state index contributed by atoms with van der Waals surface area (Å²) in [6.45, 7) is 9.15. The molecule has 0 spiro atoms. The number of carbonyl (C=O) groups is 1. The lowest BCUT2D eigenvalue weighted by Crippen LogP contribution is -2.66. The number of carbonyl (C=O) groups excluding carboxylic acids is 1. The molecular formula is C21H28O2Si. The first-order valence-corrected chi connectivity index (χ1v) is 10.6. The smallest absolute Gasteiger partial charge is 0.305 e. The van der Waals surface area contributed by atoms with E-state index in [2.05, 4.69) is 88.4 Å². The van der Waals surface area contributed by atoms with Gasteiger partial charge >= 0.3 is 5.97 Å². The van der Waals surface area contributed by atoms with Crippen molar-refractivity contribution in [2.75, 3.05) is 7.11 Å². The van der Waals surface area contributed by atoms with Gasteiger partial charge in [0, 0.05) is 6.42 Å². The summed E-state index contributed by atoms with van der Waals surface area (Å²) in [6.07, 6.45) is 0.448. The largest absolute Gasteiger partial charge is 0.469 e. The second-order valence-corrected chi connectivity index (χ2v) is 12.7. The molecule has 1 unspecified atom stereocenters. The highest BCUT2D eigenvalue weighted by Gasteiger charge is 2.51. The Kier molecular flexibility index (Phi) is 5.65. The second kappa shape index (κ2) is 7.35. The van der Waals surface area contributed by atoms with Crippen LogP contribution in [-0.2, 0) is 9.53 Å². The van der Waals surface area contributed by atoms with Crippen LogP contribution in [0.15, 0.2) is 60.7 Å². The molecule has 0 amide bonds. The molecule has 0 heterocycles. The van der Waals surface area contributed by atoms with E-state index in [0.717, 1.165) is 0 Å². The summed E-state index contributed by atoms with van der Waals surface area (Å²) in [5.74, 6) is -0.129. The van der Waals surface area contributed by atoms with Crippen LogP contribution in [0.5, 0.6) is 0 Å². The quantitative estimate of drug-likeness (QED) is 0.607. The van der Waals surface area contributed by atoms with Crippen molar-refractivity contribution >= 4 is 24.4 Å². The van der Waals surface area contributed by atoms with Gasteiger partial charge in [-0.15, -0.1) is 0 Å². The summed E-state index contributed by atoms with van der Waals surface area (Å²) in [7, 11) is -0.760. The van der Waals surface area contributed by atoms with Crippen LogP contribution >= 0.6 is 0 Å². The Balaban J connectivity index is 2.73. The Hall–Kier alpha value is -1.87. The molecule has 0 aromatic heterocycles. The van der Waals surface area contributed by atoms with E-state index in [0.29, 0.717) is 6.42 Å². The van der Waals surface area contributed by atoms with Gasteiger partial charge in [0.25, 0.3) is 0 Å². The lowest BCUT2D eigenvalue weighted by atomic mass is 10.2. The third-order valence-corrected chi connectivity index (χ3v) is 11.6. The molecule has 0 radical (unpaired) electrons. The number of benzene rings is 2. The summed E-state index contributed by atoms with van der Waals surface area (Å²) in [5, 5.41) is 2.81. The van der Waals surface area contributed by atoms with Crippen molar-refractivity contribution in [2.24, 2.45) is 0 Å². The van der Waals surface area contributed by atoms with Gasteiger partial charge in [0.2, 0.25) is 0 Å². The fourth-order valence-electron chi connectivity index (χ4n) is 4.23. The average Bonchev–Trinajstić information content (AvgIpc) is 2.56. The van der Waals surface area contributed by atoms with Gasteiger partial charge in [-0.05, 0) is 10.6 Å². The zero-order chi connectivity index (χ0) is 17.8. The number of ether oxygens (including phenoxy) is 1. The lowest BCUT2D eigenvalue weighted by molar-refractivity contribution is -0.140. The highest BCUT2D eigenvalue weighted by molar-refractivity contribution is 7.05. The van der Waals surface area contributed by atoms with Gasteiger partial charge in [0.05, 0.1) is 7.11 Å². The average molecular weight is 341 g/mol. The van der Waals surface area contributed by atoms with Gasteiger partial charge in [-0.3, -0.25) is 4.79 Å². The van der Waals surface area contributed by atoms with Crippen molar-refractivity contribution in [3.8, 4) is 0 Å². The van der Waals surface area contributed by atoms with E-state index in [1.807, 2.05) is 0 Å². The van der Waals surface area contributed by atoms with E-state index in [-0.39, 0.29) is 16.5 Å². The van der Waals surface area contributed by atoms with Crippen molar-refractivity contribution in [2.45, 2.75) is 44.7 Å². The van der Waals surface area contributed by atoms with Gasteiger partial charge in [-0.2, -0.15) is 0 Å². The third kappa shape index (κ3) is 3.32. The lowest BCUT2D eigenvalue weighted by Gasteiger charge is -2.48. The van der Waals surface area contributed by atoms with E-state index in [1.165, 1.54) is 17.5 Å². The molecule has 3 heteroatoms. The minimum Gasteiger partial charge on any atom is -0.469 e. The number of hydrogen-bond acceptors (Lipinski definition) is 2. The zero-order valence-corrected chi connectivity index (χ0v) is 16.4. The summed E-state index contributed by atoms with van der Waals surface area (Å²) in [4.78, 5) is 12.1. The van der Waals surface area contributed by atoms with Crippen LogP contribution < -0.4 is 10.4 Å². The molecule has 24 heavy (non-hydrogen) atoms. The Labute approximate surface area is 146 Å². The molecule has 2 rings (SSSR count). The van der Waals surface area contributed by atoms with Gasteiger partial charge < -0.3 is 4.74 Å². The van der Waals surface area contributed by atoms with Crippen LogP contribution in [0, 0.1) is 0 Å². The minimum atomic E-state index is -2.23. The van der Waals surface area contributed by atoms with E-state index >= 15 is 0 Å². The maximum absolute atomic E-state index is 12.1. The Morgan fingerprint density at radius 1 is 0.958 bits per heavy atom. The molecule has 0 saturated heterocycles. The summed E-state index contributed by atoms with van der Waals surface area (Å²) in [5.41, 5.74) is 0.231. The molecule has 0 bridgehead atoms. The van der Waals surface area contributed by atoms with Crippen LogP contribution in [0.3, 0.4) is 0 Å². The Morgan fingerprint density at radius 3 is 1.71 bits per heavy atom. The van der Waals surface area contributed by atoms with E-state index < -0.39 is 8.07 Å². The number of hydrogen-bond donors (Lipinski definition) is 0. The summed E-state index contributed by atoms with van der Waals surface area (Å²) >= 11 is 0. The fraction of sp³-hybridized carbons (Fsp3) is 0.381. The van der Waals surface area contributed by atoms with Crippen molar-refractivity contribution in [1.29, 1.82) is 0 Å². The minimum absolute atomic E-state index is 0.0587. The molecule has 0 aliphatic carbocycles. The van der Waals surface area contributed by atoms with Crippen molar-refractivity contribution < 1.29 is 9.53 Å². The van der Waals surface area contributed by atoms with Crippen LogP contribution in [0.2, 0.25) is 10.6 Å². The monoisotopic (exact) mass is 340 g/mol. The predicted octanol–water partition coefficient (Wildman–Crippen LogP) is 4.00. The van der Waals surface area contributed by atoms with Crippen molar-refractivity contribution in [1.82, 2.24) is 0 Å². The molecule has 128 valence electrons. The Bertz CT molecular complexity index is 620. The molecular weight excluding hydrogens is 312 g/mol. The molecule has 0 aliphatic heterocycles. The normalized spacial score (nSPS) is 13.4. The SMILES string of the molecule is COC(=O)CC(C)[Si](c1ccccc1)(c1ccccc1)C(C)(C)C. The van der Waals surface area contributed by atoms with E-state index in [1.54, 1.807) is 0 Å². The molecule has 0 saturated carbocycles. The second-order valence-electron chi connectivity index (χ2n) is 7.47. The van der Waals surface area contributed by atoms with Crippen LogP contribution in [-0.4, -0.2) is 21.2 Å². The molecule has 2 nitrogen and oxygen atoms in total. The van der Waals surface area contributed by atoms with Gasteiger partial charge in [-0.25, -0.2) is 0 Å². The molecule has 2 aromatic carbocycles. The maximum atomic E-state index is 12.1. The van der Waals surface area contributed by atoms with Gasteiger partial charge in [0.15, 0.2) is 0 Å². The van der Waals surface area contributed by atoms with Gasteiger partial charge in [0.1, 0.15) is 8.07 Å². The first-order chi connectivity index (χ1) is 11.3. The molecule has 0 N–H and O–H groups in total. The van der Waals surface area contributed by atoms with Crippen LogP contribution in [0.1, 0.15) is 34.1 Å². The highest BCUT2D eigenvalue weighted by atomic mass is 28.3. The number of rotatable bonds is 5. The first kappa shape index (κ1) is 18.5. The summed E-state index contributed by atoms with van der Waals surface area (Å²) < 4.78 is 4.98. The fourth-order valence-corrected chi connectivity index (χ4v) is 10.8. The number of esters is 1. The maximum Gasteiger partial charge on any atom is 0.305 e. The van der Waals surface area contributed by atoms with Crippen molar-refractivity contribution in [3.05, 3.63) is 60.7 Å². The first-order valence-electron chi connectivity index (χ1n) is 8.52. The Morgan fingerprint density at radius 2 is 1.38 bits per heavy atom. The zero-order valence-electron chi connectivity index (χ0n) is 15.4. The highest BCUT2D eigenvalue weighted by Crippen LogP contribution is 2.44. The molecule has 1 atom stereocenters. The van der Waals surface area contributed by atoms with Crippen molar-refractivity contribution in [3.63, 3.8) is 0 Å². The number of methoxy groups -OCH3 is 1.